The number of carbonyl (C=O) groups is 1. The van der Waals surface area contributed by atoms with E-state index < -0.39 is 20.0 Å². The van der Waals surface area contributed by atoms with Crippen molar-refractivity contribution in [2.75, 3.05) is 9.44 Å². The van der Waals surface area contributed by atoms with Crippen LogP contribution in [0.15, 0.2) is 56.9 Å². The fourth-order valence-electron chi connectivity index (χ4n) is 2.53. The summed E-state index contributed by atoms with van der Waals surface area (Å²) >= 11 is 13.0. The first-order valence-electron chi connectivity index (χ1n) is 8.32. The number of sulfonamides is 2. The molecule has 3 aromatic rings. The Morgan fingerprint density at radius 3 is 2.10 bits per heavy atom. The van der Waals surface area contributed by atoms with Crippen molar-refractivity contribution in [2.24, 2.45) is 0 Å². The van der Waals surface area contributed by atoms with Crippen LogP contribution in [0.5, 0.6) is 5.75 Å². The molecule has 31 heavy (non-hydrogen) atoms. The third-order valence-electron chi connectivity index (χ3n) is 3.94. The molecule has 0 radical (unpaired) electrons. The normalized spacial score (nSPS) is 11.7. The summed E-state index contributed by atoms with van der Waals surface area (Å²) in [6, 6.07) is 9.41. The molecule has 3 rings (SSSR count). The molecule has 0 aliphatic heterocycles. The highest BCUT2D eigenvalue weighted by molar-refractivity contribution is 7.94. The SMILES string of the molecule is Cc1ccc(OC=O)cc1S(=O)(=O)Nc1cc(Cl)c(Cl)cc1NS(=O)(=O)c1cccs1. The first-order valence-corrected chi connectivity index (χ1v) is 12.9. The summed E-state index contributed by atoms with van der Waals surface area (Å²) in [4.78, 5) is 10.4. The molecule has 0 spiro atoms. The van der Waals surface area contributed by atoms with E-state index in [1.165, 1.54) is 36.4 Å². The molecule has 2 aromatic carbocycles. The molecule has 0 amide bonds. The van der Waals surface area contributed by atoms with Gasteiger partial charge >= 0.3 is 0 Å². The summed E-state index contributed by atoms with van der Waals surface area (Å²) < 4.78 is 60.6. The molecular weight excluding hydrogens is 507 g/mol. The van der Waals surface area contributed by atoms with Crippen LogP contribution < -0.4 is 14.2 Å². The molecule has 1 heterocycles. The third kappa shape index (κ3) is 5.31. The topological polar surface area (TPSA) is 119 Å². The lowest BCUT2D eigenvalue weighted by atomic mass is 10.2. The van der Waals surface area contributed by atoms with Gasteiger partial charge in [0.15, 0.2) is 0 Å². The smallest absolute Gasteiger partial charge is 0.298 e. The lowest BCUT2D eigenvalue weighted by Gasteiger charge is -2.16. The van der Waals surface area contributed by atoms with Gasteiger partial charge in [0.2, 0.25) is 0 Å². The molecule has 0 fully saturated rings. The van der Waals surface area contributed by atoms with Crippen molar-refractivity contribution in [2.45, 2.75) is 16.0 Å². The van der Waals surface area contributed by atoms with Crippen LogP contribution in [0.1, 0.15) is 5.56 Å². The molecule has 0 bridgehead atoms. The minimum Gasteiger partial charge on any atom is -0.429 e. The summed E-state index contributed by atoms with van der Waals surface area (Å²) in [5, 5.41) is 1.61. The van der Waals surface area contributed by atoms with Crippen molar-refractivity contribution < 1.29 is 26.4 Å². The highest BCUT2D eigenvalue weighted by Gasteiger charge is 2.23. The zero-order valence-corrected chi connectivity index (χ0v) is 19.6. The number of thiophene rings is 1. The van der Waals surface area contributed by atoms with Crippen LogP contribution in [0.2, 0.25) is 10.0 Å². The van der Waals surface area contributed by atoms with Gasteiger partial charge in [0.1, 0.15) is 9.96 Å². The molecular formula is C18H14Cl2N2O6S3. The summed E-state index contributed by atoms with van der Waals surface area (Å²) in [6.45, 7) is 1.72. The number of rotatable bonds is 8. The number of aryl methyl sites for hydroxylation is 1. The number of hydrogen-bond donors (Lipinski definition) is 2. The predicted octanol–water partition coefficient (Wildman–Crippen LogP) is 4.50. The molecule has 0 atom stereocenters. The monoisotopic (exact) mass is 520 g/mol. The minimum atomic E-state index is -4.23. The Bertz CT molecular complexity index is 1340. The van der Waals surface area contributed by atoms with E-state index in [-0.39, 0.29) is 42.7 Å². The Labute approximate surface area is 192 Å². The minimum absolute atomic E-state index is 0.00759. The van der Waals surface area contributed by atoms with Crippen molar-refractivity contribution in [3.8, 4) is 5.75 Å². The zero-order chi connectivity index (χ0) is 22.8. The third-order valence-corrected chi connectivity index (χ3v) is 8.93. The summed E-state index contributed by atoms with van der Waals surface area (Å²) in [5.41, 5.74) is 0.103. The largest absolute Gasteiger partial charge is 0.429 e. The van der Waals surface area contributed by atoms with Gasteiger partial charge in [-0.1, -0.05) is 35.3 Å². The van der Waals surface area contributed by atoms with Crippen LogP contribution >= 0.6 is 34.5 Å². The summed E-state index contributed by atoms with van der Waals surface area (Å²) in [5.74, 6) is 0.0220. The Balaban J connectivity index is 2.04. The Morgan fingerprint density at radius 2 is 1.55 bits per heavy atom. The van der Waals surface area contributed by atoms with Gasteiger partial charge in [0, 0.05) is 6.07 Å². The highest BCUT2D eigenvalue weighted by Crippen LogP contribution is 2.36. The standard InChI is InChI=1S/C18H14Cl2N2O6S3/c1-11-4-5-12(28-10-23)7-17(11)30(24,25)21-15-8-13(19)14(20)9-16(15)22-31(26,27)18-3-2-6-29-18/h2-10,21-22H,1H3. The number of halogens is 2. The van der Waals surface area contributed by atoms with Gasteiger partial charge in [-0.25, -0.2) is 16.8 Å². The summed E-state index contributed by atoms with van der Waals surface area (Å²) in [6.07, 6.45) is 0. The maximum Gasteiger partial charge on any atom is 0.298 e. The first kappa shape index (κ1) is 23.4. The van der Waals surface area contributed by atoms with Gasteiger partial charge in [0.25, 0.3) is 26.5 Å². The van der Waals surface area contributed by atoms with Gasteiger partial charge in [0.05, 0.1) is 26.3 Å². The highest BCUT2D eigenvalue weighted by atomic mass is 35.5. The molecule has 1 aromatic heterocycles. The Hall–Kier alpha value is -2.31. The van der Waals surface area contributed by atoms with Gasteiger partial charge in [-0.05, 0) is 42.1 Å². The number of nitrogens with one attached hydrogen (secondary N) is 2. The molecule has 13 heteroatoms. The van der Waals surface area contributed by atoms with Crippen LogP contribution in [-0.4, -0.2) is 23.3 Å². The van der Waals surface area contributed by atoms with E-state index >= 15 is 0 Å². The van der Waals surface area contributed by atoms with E-state index in [1.807, 2.05) is 0 Å². The van der Waals surface area contributed by atoms with Crippen molar-refractivity contribution >= 4 is 72.4 Å². The second-order valence-electron chi connectivity index (χ2n) is 6.10. The van der Waals surface area contributed by atoms with E-state index in [0.29, 0.717) is 5.56 Å². The van der Waals surface area contributed by atoms with Crippen molar-refractivity contribution in [3.05, 3.63) is 63.5 Å². The van der Waals surface area contributed by atoms with Crippen LogP contribution in [0.3, 0.4) is 0 Å². The van der Waals surface area contributed by atoms with Gasteiger partial charge in [-0.2, -0.15) is 0 Å². The lowest BCUT2D eigenvalue weighted by molar-refractivity contribution is -0.120. The van der Waals surface area contributed by atoms with Crippen LogP contribution in [0.25, 0.3) is 0 Å². The quantitative estimate of drug-likeness (QED) is 0.422. The van der Waals surface area contributed by atoms with Crippen molar-refractivity contribution in [3.63, 3.8) is 0 Å². The fourth-order valence-corrected chi connectivity index (χ4v) is 6.25. The number of ether oxygens (including phenoxy) is 1. The van der Waals surface area contributed by atoms with Gasteiger partial charge < -0.3 is 4.74 Å². The average molecular weight is 521 g/mol. The van der Waals surface area contributed by atoms with Crippen molar-refractivity contribution in [1.82, 2.24) is 0 Å². The van der Waals surface area contributed by atoms with E-state index in [1.54, 1.807) is 18.4 Å². The molecule has 164 valence electrons. The number of carbonyl (C=O) groups excluding carboxylic acids is 1. The van der Waals surface area contributed by atoms with E-state index in [9.17, 15) is 21.6 Å². The Kier molecular flexibility index (Phi) is 6.82. The molecule has 8 nitrogen and oxygen atoms in total. The van der Waals surface area contributed by atoms with Crippen LogP contribution in [-0.2, 0) is 24.8 Å². The molecule has 0 saturated heterocycles. The molecule has 0 aliphatic carbocycles. The maximum absolute atomic E-state index is 13.0. The molecule has 0 aliphatic rings. The number of anilines is 2. The van der Waals surface area contributed by atoms with Crippen LogP contribution in [0.4, 0.5) is 11.4 Å². The first-order chi connectivity index (χ1) is 14.5. The number of hydrogen-bond acceptors (Lipinski definition) is 7. The second kappa shape index (κ2) is 9.05. The molecule has 0 unspecified atom stereocenters. The molecule has 0 saturated carbocycles. The lowest BCUT2D eigenvalue weighted by Crippen LogP contribution is -2.18. The predicted molar refractivity (Wildman–Crippen MR) is 120 cm³/mol. The number of benzene rings is 2. The van der Waals surface area contributed by atoms with Gasteiger partial charge in [-0.3, -0.25) is 14.2 Å². The maximum atomic E-state index is 13.0. The van der Waals surface area contributed by atoms with E-state index in [0.717, 1.165) is 11.3 Å². The molecule has 2 N–H and O–H groups in total. The van der Waals surface area contributed by atoms with Gasteiger partial charge in [-0.15, -0.1) is 11.3 Å². The fraction of sp³-hybridized carbons (Fsp3) is 0.0556. The van der Waals surface area contributed by atoms with E-state index in [4.69, 9.17) is 27.9 Å². The average Bonchev–Trinajstić information content (AvgIpc) is 3.23. The second-order valence-corrected chi connectivity index (χ2v) is 11.4. The Morgan fingerprint density at radius 1 is 0.935 bits per heavy atom. The van der Waals surface area contributed by atoms with E-state index in [2.05, 4.69) is 9.44 Å². The zero-order valence-electron chi connectivity index (χ0n) is 15.6. The van der Waals surface area contributed by atoms with Crippen molar-refractivity contribution in [1.29, 1.82) is 0 Å². The summed E-state index contributed by atoms with van der Waals surface area (Å²) in [7, 11) is -8.22. The van der Waals surface area contributed by atoms with Crippen LogP contribution in [0, 0.1) is 6.92 Å².